The largest absolute Gasteiger partial charge is 0.350 e. The Hall–Kier alpha value is -2.98. The van der Waals surface area contributed by atoms with Gasteiger partial charge in [-0.3, -0.25) is 15.2 Å². The Morgan fingerprint density at radius 1 is 0.812 bits per heavy atom. The van der Waals surface area contributed by atoms with Gasteiger partial charge < -0.3 is 5.73 Å². The van der Waals surface area contributed by atoms with Crippen LogP contribution in [0.25, 0.3) is 20.2 Å². The molecule has 32 heavy (non-hydrogen) atoms. The first-order valence-corrected chi connectivity index (χ1v) is 11.6. The van der Waals surface area contributed by atoms with Crippen molar-refractivity contribution in [3.8, 4) is 0 Å². The molecule has 0 fully saturated rings. The van der Waals surface area contributed by atoms with Crippen molar-refractivity contribution in [1.29, 1.82) is 0 Å². The fourth-order valence-corrected chi connectivity index (χ4v) is 5.32. The Morgan fingerprint density at radius 3 is 1.59 bits per heavy atom. The number of carbonyl (C=O) groups excluding carboxylic acids is 2. The van der Waals surface area contributed by atoms with Crippen LogP contribution in [0.5, 0.6) is 0 Å². The molecule has 168 valence electrons. The molecule has 2 heterocycles. The van der Waals surface area contributed by atoms with Crippen molar-refractivity contribution in [1.82, 2.24) is 10.1 Å². The van der Waals surface area contributed by atoms with Crippen LogP contribution in [0.15, 0.2) is 60.7 Å². The number of amides is 3. The minimum Gasteiger partial charge on any atom is -0.350 e. The molecule has 0 saturated carbocycles. The molecule has 0 spiro atoms. The predicted molar refractivity (Wildman–Crippen MR) is 128 cm³/mol. The number of benzene rings is 2. The number of rotatable bonds is 4. The van der Waals surface area contributed by atoms with Crippen LogP contribution in [0, 0.1) is 0 Å². The molecule has 0 aliphatic heterocycles. The number of nitrogens with zero attached hydrogens (tertiary/aromatic N) is 2. The number of nitrogens with two attached hydrogens (primary N) is 1. The third-order valence-electron chi connectivity index (χ3n) is 4.99. The van der Waals surface area contributed by atoms with Crippen molar-refractivity contribution in [2.24, 2.45) is 5.73 Å². The summed E-state index contributed by atoms with van der Waals surface area (Å²) in [5, 5.41) is 22.6. The molecule has 3 amide bonds. The van der Waals surface area contributed by atoms with Crippen molar-refractivity contribution in [2.45, 2.75) is 32.9 Å². The minimum absolute atomic E-state index is 0.296. The van der Waals surface area contributed by atoms with Gasteiger partial charge in [0.2, 0.25) is 5.91 Å². The van der Waals surface area contributed by atoms with Crippen LogP contribution < -0.4 is 5.73 Å². The molecule has 4 rings (SSSR count). The maximum Gasteiger partial charge on any atom is 0.339 e. The molecule has 7 nitrogen and oxygen atoms in total. The summed E-state index contributed by atoms with van der Waals surface area (Å²) in [6.45, 7) is 4.89. The Morgan fingerprint density at radius 2 is 1.22 bits per heavy atom. The number of hydroxylamine groups is 4. The summed E-state index contributed by atoms with van der Waals surface area (Å²) in [5.41, 5.74) is 5.01. The van der Waals surface area contributed by atoms with Crippen LogP contribution in [-0.2, 0) is 4.79 Å². The molecule has 9 heteroatoms. The lowest BCUT2D eigenvalue weighted by Gasteiger charge is -2.19. The summed E-state index contributed by atoms with van der Waals surface area (Å²) in [5.74, 6) is -0.343. The zero-order valence-corrected chi connectivity index (χ0v) is 19.6. The van der Waals surface area contributed by atoms with E-state index in [1.54, 1.807) is 29.6 Å². The fraction of sp³-hybridized carbons (Fsp3) is 0.217. The maximum atomic E-state index is 11.1. The fourth-order valence-electron chi connectivity index (χ4n) is 3.12. The predicted octanol–water partition coefficient (Wildman–Crippen LogP) is 5.93. The van der Waals surface area contributed by atoms with Gasteiger partial charge >= 0.3 is 6.03 Å². The number of urea groups is 1. The second kappa shape index (κ2) is 10.1. The number of fused-ring (bicyclic) bond motifs is 2. The maximum absolute atomic E-state index is 11.1. The molecule has 0 radical (unpaired) electrons. The van der Waals surface area contributed by atoms with E-state index in [1.165, 1.54) is 11.6 Å². The van der Waals surface area contributed by atoms with Crippen LogP contribution >= 0.6 is 22.7 Å². The molecule has 4 aromatic rings. The van der Waals surface area contributed by atoms with Gasteiger partial charge in [0.1, 0.15) is 0 Å². The number of carbonyl (C=O) groups is 2. The van der Waals surface area contributed by atoms with Crippen molar-refractivity contribution in [3.05, 3.63) is 70.4 Å². The quantitative estimate of drug-likeness (QED) is 0.253. The van der Waals surface area contributed by atoms with Crippen LogP contribution in [0.4, 0.5) is 4.79 Å². The number of thiophene rings is 2. The van der Waals surface area contributed by atoms with E-state index in [9.17, 15) is 20.0 Å². The van der Waals surface area contributed by atoms with Crippen LogP contribution in [0.1, 0.15) is 42.6 Å². The number of hydrogen-bond donors (Lipinski definition) is 3. The van der Waals surface area contributed by atoms with E-state index in [2.05, 4.69) is 0 Å². The van der Waals surface area contributed by atoms with E-state index < -0.39 is 12.1 Å². The first-order chi connectivity index (χ1) is 15.2. The monoisotopic (exact) mass is 471 g/mol. The van der Waals surface area contributed by atoms with Gasteiger partial charge in [0, 0.05) is 26.1 Å². The van der Waals surface area contributed by atoms with E-state index in [0.717, 1.165) is 30.3 Å². The SMILES string of the molecule is CC(=O)N(O)[C@@H](C)c1cc2ccccc2s1.C[C@H](c1cc2ccccc2s1)N(O)C(N)=O. The van der Waals surface area contributed by atoms with E-state index in [4.69, 9.17) is 5.73 Å². The van der Waals surface area contributed by atoms with E-state index >= 15 is 0 Å². The summed E-state index contributed by atoms with van der Waals surface area (Å²) in [4.78, 5) is 23.8. The smallest absolute Gasteiger partial charge is 0.339 e. The Balaban J connectivity index is 0.000000181. The van der Waals surface area contributed by atoms with Crippen molar-refractivity contribution < 1.29 is 20.0 Å². The molecular formula is C23H25N3O4S2. The Bertz CT molecular complexity index is 1070. The van der Waals surface area contributed by atoms with Crippen molar-refractivity contribution in [2.75, 3.05) is 0 Å². The zero-order chi connectivity index (χ0) is 23.4. The van der Waals surface area contributed by atoms with Crippen LogP contribution in [0.3, 0.4) is 0 Å². The molecule has 0 saturated heterocycles. The lowest BCUT2D eigenvalue weighted by Crippen LogP contribution is -2.34. The summed E-state index contributed by atoms with van der Waals surface area (Å²) < 4.78 is 2.29. The van der Waals surface area contributed by atoms with Gasteiger partial charge in [-0.2, -0.15) is 5.06 Å². The lowest BCUT2D eigenvalue weighted by molar-refractivity contribution is -0.172. The highest BCUT2D eigenvalue weighted by Gasteiger charge is 2.19. The van der Waals surface area contributed by atoms with Crippen LogP contribution in [0.2, 0.25) is 0 Å². The van der Waals surface area contributed by atoms with E-state index in [0.29, 0.717) is 5.06 Å². The molecule has 0 aliphatic rings. The lowest BCUT2D eigenvalue weighted by atomic mass is 10.2. The van der Waals surface area contributed by atoms with Gasteiger partial charge in [-0.25, -0.2) is 9.86 Å². The second-order valence-electron chi connectivity index (χ2n) is 7.27. The highest BCUT2D eigenvalue weighted by atomic mass is 32.1. The second-order valence-corrected chi connectivity index (χ2v) is 9.50. The normalized spacial score (nSPS) is 12.7. The zero-order valence-electron chi connectivity index (χ0n) is 17.9. The molecular weight excluding hydrogens is 446 g/mol. The molecule has 2 atom stereocenters. The highest BCUT2D eigenvalue weighted by Crippen LogP contribution is 2.32. The molecule has 4 N–H and O–H groups in total. The molecule has 2 aromatic heterocycles. The Labute approximate surface area is 193 Å². The van der Waals surface area contributed by atoms with Gasteiger partial charge in [-0.15, -0.1) is 22.7 Å². The van der Waals surface area contributed by atoms with Crippen molar-refractivity contribution >= 4 is 54.8 Å². The summed E-state index contributed by atoms with van der Waals surface area (Å²) in [7, 11) is 0. The average Bonchev–Trinajstić information content (AvgIpc) is 3.41. The summed E-state index contributed by atoms with van der Waals surface area (Å²) in [6.07, 6.45) is 0. The average molecular weight is 472 g/mol. The topological polar surface area (TPSA) is 107 Å². The molecule has 0 unspecified atom stereocenters. The summed E-state index contributed by atoms with van der Waals surface area (Å²) in [6, 6.07) is 18.3. The van der Waals surface area contributed by atoms with E-state index in [-0.39, 0.29) is 11.9 Å². The van der Waals surface area contributed by atoms with Crippen LogP contribution in [-0.4, -0.2) is 32.5 Å². The number of hydrogen-bond acceptors (Lipinski definition) is 6. The van der Waals surface area contributed by atoms with Gasteiger partial charge in [-0.1, -0.05) is 36.4 Å². The van der Waals surface area contributed by atoms with Gasteiger partial charge in [0.15, 0.2) is 0 Å². The standard InChI is InChI=1S/C12H13NO2S.C11H12N2O2S/c1-8(13(15)9(2)14)12-7-10-5-3-4-6-11(10)16-12;1-7(13(15)11(12)14)10-6-8-4-2-3-5-9(8)16-10/h3-8,15H,1-2H3;2-7,15H,1H3,(H2,12,14)/t8-;7-/m01/s1. The number of primary amides is 1. The molecule has 0 aliphatic carbocycles. The third-order valence-corrected chi connectivity index (χ3v) is 7.57. The van der Waals surface area contributed by atoms with Gasteiger partial charge in [0.05, 0.1) is 12.1 Å². The summed E-state index contributed by atoms with van der Waals surface area (Å²) >= 11 is 3.14. The van der Waals surface area contributed by atoms with Gasteiger partial charge in [0.25, 0.3) is 0 Å². The molecule has 2 aromatic carbocycles. The minimum atomic E-state index is -0.843. The Kier molecular flexibility index (Phi) is 7.47. The van der Waals surface area contributed by atoms with Gasteiger partial charge in [-0.05, 0) is 48.9 Å². The van der Waals surface area contributed by atoms with Crippen molar-refractivity contribution in [3.63, 3.8) is 0 Å². The first kappa shape index (κ1) is 23.7. The highest BCUT2D eigenvalue weighted by molar-refractivity contribution is 7.19. The third kappa shape index (κ3) is 5.25. The first-order valence-electron chi connectivity index (χ1n) is 9.92. The van der Waals surface area contributed by atoms with E-state index in [1.807, 2.05) is 67.6 Å². The molecule has 0 bridgehead atoms.